The smallest absolute Gasteiger partial charge is 0.352 e. The van der Waals surface area contributed by atoms with Gasteiger partial charge in [0.2, 0.25) is 5.91 Å². The van der Waals surface area contributed by atoms with E-state index in [1.165, 1.54) is 6.07 Å². The first-order valence-electron chi connectivity index (χ1n) is 10.6. The van der Waals surface area contributed by atoms with Crippen LogP contribution in [0.3, 0.4) is 0 Å². The Bertz CT molecular complexity index is 1290. The first-order chi connectivity index (χ1) is 15.7. The Labute approximate surface area is 190 Å². The Balaban J connectivity index is 1.59. The summed E-state index contributed by atoms with van der Waals surface area (Å²) in [5.41, 5.74) is 4.48. The molecule has 1 atom stereocenters. The van der Waals surface area contributed by atoms with Crippen LogP contribution in [-0.2, 0) is 17.5 Å². The number of hydrogen-bond acceptors (Lipinski definition) is 2. The van der Waals surface area contributed by atoms with Crippen LogP contribution < -0.4 is 5.32 Å². The molecule has 0 aliphatic carbocycles. The predicted molar refractivity (Wildman–Crippen MR) is 121 cm³/mol. The van der Waals surface area contributed by atoms with Crippen molar-refractivity contribution in [2.45, 2.75) is 38.9 Å². The van der Waals surface area contributed by atoms with E-state index in [2.05, 4.69) is 10.3 Å². The summed E-state index contributed by atoms with van der Waals surface area (Å²) in [6.45, 7) is 4.00. The predicted octanol–water partition coefficient (Wildman–Crippen LogP) is 5.81. The molecule has 33 heavy (non-hydrogen) atoms. The zero-order valence-electron chi connectivity index (χ0n) is 18.4. The molecule has 170 valence electrons. The molecular formula is C26H24F3N3O. The molecule has 2 aromatic carbocycles. The molecule has 0 aliphatic heterocycles. The highest BCUT2D eigenvalue weighted by Gasteiger charge is 2.30. The minimum Gasteiger partial charge on any atom is -0.352 e. The number of fused-ring (bicyclic) bond motifs is 1. The van der Waals surface area contributed by atoms with Crippen LogP contribution in [0.1, 0.15) is 45.8 Å². The first kappa shape index (κ1) is 22.6. The van der Waals surface area contributed by atoms with Crippen molar-refractivity contribution in [3.05, 3.63) is 107 Å². The third-order valence-electron chi connectivity index (χ3n) is 5.81. The fourth-order valence-electron chi connectivity index (χ4n) is 4.10. The second-order valence-corrected chi connectivity index (χ2v) is 8.16. The standard InChI is InChI=1S/C26H24F3N3O/c1-17-7-3-4-11-21(17)22(23-16-31-25-18(2)8-6-12-32(23)25)14-24(33)30-15-19-9-5-10-20(13-19)26(27,28)29/h3-13,16,22H,14-15H2,1-2H3,(H,30,33). The van der Waals surface area contributed by atoms with Crippen LogP contribution in [0.25, 0.3) is 5.65 Å². The monoisotopic (exact) mass is 451 g/mol. The molecule has 1 amide bonds. The van der Waals surface area contributed by atoms with Gasteiger partial charge in [0.25, 0.3) is 0 Å². The van der Waals surface area contributed by atoms with Crippen LogP contribution in [0.2, 0.25) is 0 Å². The molecule has 0 saturated heterocycles. The van der Waals surface area contributed by atoms with Crippen LogP contribution in [0.15, 0.2) is 73.1 Å². The molecule has 0 bridgehead atoms. The number of hydrogen-bond donors (Lipinski definition) is 1. The van der Waals surface area contributed by atoms with E-state index in [-0.39, 0.29) is 24.8 Å². The van der Waals surface area contributed by atoms with Gasteiger partial charge in [-0.3, -0.25) is 4.79 Å². The van der Waals surface area contributed by atoms with Gasteiger partial charge in [0.1, 0.15) is 5.65 Å². The maximum absolute atomic E-state index is 13.0. The van der Waals surface area contributed by atoms with Gasteiger partial charge < -0.3 is 9.72 Å². The van der Waals surface area contributed by atoms with Crippen molar-refractivity contribution in [2.75, 3.05) is 0 Å². The number of rotatable bonds is 6. The molecule has 4 nitrogen and oxygen atoms in total. The molecule has 0 radical (unpaired) electrons. The van der Waals surface area contributed by atoms with Crippen molar-refractivity contribution in [3.8, 4) is 0 Å². The third-order valence-corrected chi connectivity index (χ3v) is 5.81. The van der Waals surface area contributed by atoms with Gasteiger partial charge in [0, 0.05) is 31.3 Å². The maximum atomic E-state index is 13.0. The molecule has 1 unspecified atom stereocenters. The van der Waals surface area contributed by atoms with Gasteiger partial charge in [-0.15, -0.1) is 0 Å². The van der Waals surface area contributed by atoms with Gasteiger partial charge in [0.15, 0.2) is 0 Å². The minimum atomic E-state index is -4.42. The molecule has 0 aliphatic rings. The van der Waals surface area contributed by atoms with Crippen molar-refractivity contribution >= 4 is 11.6 Å². The zero-order chi connectivity index (χ0) is 23.6. The van der Waals surface area contributed by atoms with Crippen molar-refractivity contribution < 1.29 is 18.0 Å². The lowest BCUT2D eigenvalue weighted by atomic mass is 9.89. The number of carbonyl (C=O) groups excluding carboxylic acids is 1. The molecular weight excluding hydrogens is 427 g/mol. The molecule has 2 heterocycles. The largest absolute Gasteiger partial charge is 0.416 e. The number of imidazole rings is 1. The fraction of sp³-hybridized carbons (Fsp3) is 0.231. The van der Waals surface area contributed by atoms with Gasteiger partial charge in [-0.1, -0.05) is 42.5 Å². The van der Waals surface area contributed by atoms with E-state index in [1.54, 1.807) is 12.3 Å². The summed E-state index contributed by atoms with van der Waals surface area (Å²) in [6, 6.07) is 16.8. The number of alkyl halides is 3. The summed E-state index contributed by atoms with van der Waals surface area (Å²) in [4.78, 5) is 17.5. The number of nitrogens with one attached hydrogen (secondary N) is 1. The molecule has 2 aromatic heterocycles. The minimum absolute atomic E-state index is 0.0233. The van der Waals surface area contributed by atoms with E-state index >= 15 is 0 Å². The SMILES string of the molecule is Cc1ccccc1C(CC(=O)NCc1cccc(C(F)(F)F)c1)c1cnc2c(C)cccn12. The average Bonchev–Trinajstić information content (AvgIpc) is 3.22. The lowest BCUT2D eigenvalue weighted by molar-refractivity contribution is -0.137. The van der Waals surface area contributed by atoms with E-state index in [1.807, 2.05) is 60.8 Å². The summed E-state index contributed by atoms with van der Waals surface area (Å²) in [7, 11) is 0. The quantitative estimate of drug-likeness (QED) is 0.402. The average molecular weight is 451 g/mol. The number of benzene rings is 2. The lowest BCUT2D eigenvalue weighted by Gasteiger charge is -2.19. The van der Waals surface area contributed by atoms with E-state index in [9.17, 15) is 18.0 Å². The molecule has 0 saturated carbocycles. The van der Waals surface area contributed by atoms with Gasteiger partial charge in [-0.2, -0.15) is 13.2 Å². The summed E-state index contributed by atoms with van der Waals surface area (Å²) in [5, 5.41) is 2.78. The number of nitrogens with zero attached hydrogens (tertiary/aromatic N) is 2. The summed E-state index contributed by atoms with van der Waals surface area (Å²) >= 11 is 0. The number of amides is 1. The third kappa shape index (κ3) is 4.92. The zero-order valence-corrected chi connectivity index (χ0v) is 18.4. The van der Waals surface area contributed by atoms with Crippen LogP contribution in [0.4, 0.5) is 13.2 Å². The number of pyridine rings is 1. The molecule has 1 N–H and O–H groups in total. The lowest BCUT2D eigenvalue weighted by Crippen LogP contribution is -2.25. The number of halogens is 3. The van der Waals surface area contributed by atoms with Gasteiger partial charge in [0.05, 0.1) is 11.3 Å². The van der Waals surface area contributed by atoms with Crippen LogP contribution >= 0.6 is 0 Å². The Morgan fingerprint density at radius 3 is 2.55 bits per heavy atom. The summed E-state index contributed by atoms with van der Waals surface area (Å²) in [5.74, 6) is -0.507. The highest BCUT2D eigenvalue weighted by atomic mass is 19.4. The van der Waals surface area contributed by atoms with Crippen molar-refractivity contribution in [2.24, 2.45) is 0 Å². The Hall–Kier alpha value is -3.61. The Morgan fingerprint density at radius 2 is 1.79 bits per heavy atom. The van der Waals surface area contributed by atoms with Crippen LogP contribution in [-0.4, -0.2) is 15.3 Å². The molecule has 4 rings (SSSR count). The van der Waals surface area contributed by atoms with Gasteiger partial charge >= 0.3 is 6.18 Å². The van der Waals surface area contributed by atoms with Gasteiger partial charge in [-0.05, 0) is 54.3 Å². The highest BCUT2D eigenvalue weighted by Crippen LogP contribution is 2.32. The second kappa shape index (κ2) is 9.10. The molecule has 0 spiro atoms. The van der Waals surface area contributed by atoms with E-state index < -0.39 is 11.7 Å². The van der Waals surface area contributed by atoms with E-state index in [0.29, 0.717) is 5.56 Å². The highest BCUT2D eigenvalue weighted by molar-refractivity contribution is 5.77. The first-order valence-corrected chi connectivity index (χ1v) is 10.6. The Morgan fingerprint density at radius 1 is 1.03 bits per heavy atom. The number of aromatic nitrogens is 2. The normalized spacial score (nSPS) is 12.6. The van der Waals surface area contributed by atoms with Gasteiger partial charge in [-0.25, -0.2) is 4.98 Å². The second-order valence-electron chi connectivity index (χ2n) is 8.16. The van der Waals surface area contributed by atoms with Crippen molar-refractivity contribution in [1.82, 2.24) is 14.7 Å². The fourth-order valence-corrected chi connectivity index (χ4v) is 4.10. The molecule has 4 aromatic rings. The number of carbonyl (C=O) groups is 1. The topological polar surface area (TPSA) is 46.4 Å². The van der Waals surface area contributed by atoms with Crippen molar-refractivity contribution in [3.63, 3.8) is 0 Å². The summed E-state index contributed by atoms with van der Waals surface area (Å²) < 4.78 is 40.9. The van der Waals surface area contributed by atoms with Crippen molar-refractivity contribution in [1.29, 1.82) is 0 Å². The maximum Gasteiger partial charge on any atom is 0.416 e. The van der Waals surface area contributed by atoms with E-state index in [0.717, 1.165) is 40.2 Å². The Kier molecular flexibility index (Phi) is 6.22. The molecule has 0 fully saturated rings. The number of aryl methyl sites for hydroxylation is 2. The molecule has 7 heteroatoms. The summed E-state index contributed by atoms with van der Waals surface area (Å²) in [6.07, 6.45) is -0.557. The van der Waals surface area contributed by atoms with Crippen LogP contribution in [0, 0.1) is 13.8 Å². The van der Waals surface area contributed by atoms with E-state index in [4.69, 9.17) is 0 Å². The van der Waals surface area contributed by atoms with Crippen LogP contribution in [0.5, 0.6) is 0 Å².